The molecule has 1 amide bonds. The van der Waals surface area contributed by atoms with Crippen molar-refractivity contribution in [2.75, 3.05) is 25.3 Å². The molecule has 3 rings (SSSR count). The van der Waals surface area contributed by atoms with Crippen LogP contribution >= 0.6 is 11.8 Å². The van der Waals surface area contributed by atoms with Gasteiger partial charge in [-0.25, -0.2) is 0 Å². The SMILES string of the molecule is COc1ccc(OCC(=O)Nc2nnc(-c3ccc(SC)cc3)o2)cc1. The second-order valence-corrected chi connectivity index (χ2v) is 6.03. The third kappa shape index (κ3) is 4.54. The molecule has 0 saturated carbocycles. The van der Waals surface area contributed by atoms with Gasteiger partial charge < -0.3 is 13.9 Å². The Labute approximate surface area is 154 Å². The van der Waals surface area contributed by atoms with Crippen molar-refractivity contribution >= 4 is 23.7 Å². The zero-order valence-corrected chi connectivity index (χ0v) is 15.1. The predicted octanol–water partition coefficient (Wildman–Crippen LogP) is 3.48. The number of aromatic nitrogens is 2. The number of nitrogens with zero attached hydrogens (tertiary/aromatic N) is 2. The van der Waals surface area contributed by atoms with E-state index in [-0.39, 0.29) is 12.6 Å². The van der Waals surface area contributed by atoms with Gasteiger partial charge in [0.1, 0.15) is 11.5 Å². The highest BCUT2D eigenvalue weighted by molar-refractivity contribution is 7.98. The molecule has 3 aromatic rings. The summed E-state index contributed by atoms with van der Waals surface area (Å²) in [5.74, 6) is 1.21. The molecule has 0 fully saturated rings. The van der Waals surface area contributed by atoms with Crippen LogP contribution in [0.3, 0.4) is 0 Å². The molecule has 0 unspecified atom stereocenters. The smallest absolute Gasteiger partial charge is 0.322 e. The second kappa shape index (κ2) is 8.39. The number of benzene rings is 2. The van der Waals surface area contributed by atoms with Crippen LogP contribution in [0.2, 0.25) is 0 Å². The molecule has 1 heterocycles. The number of ether oxygens (including phenoxy) is 2. The van der Waals surface area contributed by atoms with Gasteiger partial charge in [-0.05, 0) is 54.8 Å². The summed E-state index contributed by atoms with van der Waals surface area (Å²) >= 11 is 1.65. The molecule has 2 aromatic carbocycles. The first-order valence-corrected chi connectivity index (χ1v) is 8.95. The Balaban J connectivity index is 1.55. The van der Waals surface area contributed by atoms with Crippen molar-refractivity contribution in [1.82, 2.24) is 10.2 Å². The highest BCUT2D eigenvalue weighted by Crippen LogP contribution is 2.23. The second-order valence-electron chi connectivity index (χ2n) is 5.15. The molecule has 134 valence electrons. The van der Waals surface area contributed by atoms with E-state index in [1.807, 2.05) is 30.5 Å². The van der Waals surface area contributed by atoms with Gasteiger partial charge in [0, 0.05) is 10.5 Å². The maximum Gasteiger partial charge on any atom is 0.322 e. The molecule has 0 aliphatic heterocycles. The summed E-state index contributed by atoms with van der Waals surface area (Å²) in [6.45, 7) is -0.174. The molecule has 0 aliphatic carbocycles. The summed E-state index contributed by atoms with van der Waals surface area (Å²) in [7, 11) is 1.58. The van der Waals surface area contributed by atoms with E-state index in [1.54, 1.807) is 43.1 Å². The van der Waals surface area contributed by atoms with Gasteiger partial charge >= 0.3 is 6.01 Å². The quantitative estimate of drug-likeness (QED) is 0.636. The van der Waals surface area contributed by atoms with Gasteiger partial charge in [-0.1, -0.05) is 5.10 Å². The van der Waals surface area contributed by atoms with Crippen LogP contribution in [0.25, 0.3) is 11.5 Å². The lowest BCUT2D eigenvalue weighted by atomic mass is 10.2. The number of rotatable bonds is 7. The fourth-order valence-corrected chi connectivity index (χ4v) is 2.51. The van der Waals surface area contributed by atoms with Crippen LogP contribution in [-0.2, 0) is 4.79 Å². The molecule has 1 aromatic heterocycles. The lowest BCUT2D eigenvalue weighted by molar-refractivity contribution is -0.118. The molecule has 8 heteroatoms. The summed E-state index contributed by atoms with van der Waals surface area (Å²) in [4.78, 5) is 13.1. The van der Waals surface area contributed by atoms with Gasteiger partial charge in [0.25, 0.3) is 5.91 Å². The first-order chi connectivity index (χ1) is 12.7. The number of hydrogen-bond acceptors (Lipinski definition) is 7. The normalized spacial score (nSPS) is 10.4. The van der Waals surface area contributed by atoms with E-state index in [2.05, 4.69) is 15.5 Å². The van der Waals surface area contributed by atoms with Crippen molar-refractivity contribution in [2.45, 2.75) is 4.90 Å². The average Bonchev–Trinajstić information content (AvgIpc) is 3.15. The van der Waals surface area contributed by atoms with Crippen LogP contribution in [-0.4, -0.2) is 36.1 Å². The van der Waals surface area contributed by atoms with Crippen LogP contribution < -0.4 is 14.8 Å². The number of carbonyl (C=O) groups is 1. The van der Waals surface area contributed by atoms with Crippen LogP contribution in [0.15, 0.2) is 57.8 Å². The van der Waals surface area contributed by atoms with E-state index in [0.29, 0.717) is 17.4 Å². The fraction of sp³-hybridized carbons (Fsp3) is 0.167. The van der Waals surface area contributed by atoms with Crippen molar-refractivity contribution in [3.8, 4) is 23.0 Å². The summed E-state index contributed by atoms with van der Waals surface area (Å²) in [6.07, 6.45) is 2.00. The number of anilines is 1. The van der Waals surface area contributed by atoms with Crippen molar-refractivity contribution in [1.29, 1.82) is 0 Å². The van der Waals surface area contributed by atoms with Gasteiger partial charge in [0.2, 0.25) is 5.89 Å². The number of nitrogens with one attached hydrogen (secondary N) is 1. The summed E-state index contributed by atoms with van der Waals surface area (Å²) in [6, 6.07) is 14.7. The van der Waals surface area contributed by atoms with Crippen LogP contribution in [0.4, 0.5) is 6.01 Å². The Morgan fingerprint density at radius 2 is 1.77 bits per heavy atom. The standard InChI is InChI=1S/C18H17N3O4S/c1-23-13-5-7-14(8-6-13)24-11-16(22)19-18-21-20-17(25-18)12-3-9-15(26-2)10-4-12/h3-10H,11H2,1-2H3,(H,19,21,22). The molecular formula is C18H17N3O4S. The van der Waals surface area contributed by atoms with E-state index in [9.17, 15) is 4.79 Å². The molecule has 26 heavy (non-hydrogen) atoms. The molecule has 0 spiro atoms. The molecular weight excluding hydrogens is 354 g/mol. The molecule has 0 bridgehead atoms. The minimum absolute atomic E-state index is 0.0253. The average molecular weight is 371 g/mol. The first kappa shape index (κ1) is 17.8. The Bertz CT molecular complexity index is 863. The molecule has 0 saturated heterocycles. The molecule has 0 atom stereocenters. The van der Waals surface area contributed by atoms with Gasteiger partial charge in [-0.3, -0.25) is 10.1 Å². The van der Waals surface area contributed by atoms with Gasteiger partial charge in [-0.15, -0.1) is 16.9 Å². The molecule has 0 aliphatic rings. The number of carbonyl (C=O) groups excluding carboxylic acids is 1. The summed E-state index contributed by atoms with van der Waals surface area (Å²) in [5, 5.41) is 10.3. The Morgan fingerprint density at radius 1 is 1.08 bits per heavy atom. The van der Waals surface area contributed by atoms with E-state index in [1.165, 1.54) is 0 Å². The lowest BCUT2D eigenvalue weighted by Crippen LogP contribution is -2.20. The maximum atomic E-state index is 11.9. The van der Waals surface area contributed by atoms with Crippen LogP contribution in [0.5, 0.6) is 11.5 Å². The third-order valence-corrected chi connectivity index (χ3v) is 4.18. The van der Waals surface area contributed by atoms with Crippen molar-refractivity contribution in [3.63, 3.8) is 0 Å². The topological polar surface area (TPSA) is 86.5 Å². The number of amides is 1. The van der Waals surface area contributed by atoms with E-state index >= 15 is 0 Å². The number of methoxy groups -OCH3 is 1. The van der Waals surface area contributed by atoms with E-state index in [4.69, 9.17) is 13.9 Å². The van der Waals surface area contributed by atoms with Gasteiger partial charge in [0.15, 0.2) is 6.61 Å². The predicted molar refractivity (Wildman–Crippen MR) is 98.6 cm³/mol. The van der Waals surface area contributed by atoms with Crippen molar-refractivity contribution in [3.05, 3.63) is 48.5 Å². The minimum Gasteiger partial charge on any atom is -0.497 e. The number of hydrogen-bond donors (Lipinski definition) is 1. The largest absolute Gasteiger partial charge is 0.497 e. The zero-order valence-electron chi connectivity index (χ0n) is 14.3. The number of thioether (sulfide) groups is 1. The van der Waals surface area contributed by atoms with Crippen molar-refractivity contribution < 1.29 is 18.7 Å². The first-order valence-electron chi connectivity index (χ1n) is 7.72. The third-order valence-electron chi connectivity index (χ3n) is 3.44. The maximum absolute atomic E-state index is 11.9. The highest BCUT2D eigenvalue weighted by atomic mass is 32.2. The Kier molecular flexibility index (Phi) is 5.75. The lowest BCUT2D eigenvalue weighted by Gasteiger charge is -2.06. The Morgan fingerprint density at radius 3 is 2.42 bits per heavy atom. The van der Waals surface area contributed by atoms with E-state index < -0.39 is 5.91 Å². The zero-order chi connectivity index (χ0) is 18.4. The van der Waals surface area contributed by atoms with Crippen LogP contribution in [0.1, 0.15) is 0 Å². The van der Waals surface area contributed by atoms with Gasteiger partial charge in [0.05, 0.1) is 7.11 Å². The highest BCUT2D eigenvalue weighted by Gasteiger charge is 2.12. The molecule has 7 nitrogen and oxygen atoms in total. The monoisotopic (exact) mass is 371 g/mol. The minimum atomic E-state index is -0.395. The molecule has 0 radical (unpaired) electrons. The Hall–Kier alpha value is -3.00. The summed E-state index contributed by atoms with van der Waals surface area (Å²) < 4.78 is 15.9. The van der Waals surface area contributed by atoms with Crippen LogP contribution in [0, 0.1) is 0 Å². The molecule has 1 N–H and O–H groups in total. The van der Waals surface area contributed by atoms with E-state index in [0.717, 1.165) is 10.5 Å². The van der Waals surface area contributed by atoms with Crippen molar-refractivity contribution in [2.24, 2.45) is 0 Å². The fourth-order valence-electron chi connectivity index (χ4n) is 2.10. The summed E-state index contributed by atoms with van der Waals surface area (Å²) in [5.41, 5.74) is 0.783. The van der Waals surface area contributed by atoms with Gasteiger partial charge in [-0.2, -0.15) is 0 Å².